The molecule has 4 N–H and O–H groups in total. The summed E-state index contributed by atoms with van der Waals surface area (Å²) in [5, 5.41) is 40.7. The van der Waals surface area contributed by atoms with Crippen molar-refractivity contribution in [2.75, 3.05) is 13.2 Å². The Labute approximate surface area is 149 Å². The van der Waals surface area contributed by atoms with E-state index < -0.39 is 17.0 Å². The van der Waals surface area contributed by atoms with E-state index in [4.69, 9.17) is 0 Å². The molecule has 0 aromatic carbocycles. The lowest BCUT2D eigenvalue weighted by molar-refractivity contribution is -0.191. The fourth-order valence-electron chi connectivity index (χ4n) is 8.13. The van der Waals surface area contributed by atoms with Crippen molar-refractivity contribution in [2.45, 2.75) is 70.3 Å². The van der Waals surface area contributed by atoms with Crippen molar-refractivity contribution in [3.8, 4) is 0 Å². The van der Waals surface area contributed by atoms with E-state index in [9.17, 15) is 25.2 Å². The summed E-state index contributed by atoms with van der Waals surface area (Å²) in [6.45, 7) is 1.82. The molecule has 4 rings (SSSR count). The number of aliphatic carboxylic acids is 1. The molecule has 0 aromatic heterocycles. The van der Waals surface area contributed by atoms with Gasteiger partial charge in [0, 0.05) is 0 Å². The van der Waals surface area contributed by atoms with Gasteiger partial charge < -0.3 is 20.4 Å². The summed E-state index contributed by atoms with van der Waals surface area (Å²) in [6.07, 6.45) is 7.74. The highest BCUT2D eigenvalue weighted by molar-refractivity contribution is 5.75. The Balaban J connectivity index is 1.73. The Hall–Kier alpha value is -0.650. The number of carboxylic acids is 1. The maximum Gasteiger partial charge on any atom is 0.312 e. The Morgan fingerprint density at radius 3 is 2.44 bits per heavy atom. The number of carbonyl (C=O) groups is 1. The van der Waals surface area contributed by atoms with Crippen molar-refractivity contribution >= 4 is 5.97 Å². The Bertz CT molecular complexity index is 578. The van der Waals surface area contributed by atoms with E-state index in [2.05, 4.69) is 6.92 Å². The fourth-order valence-corrected chi connectivity index (χ4v) is 8.13. The van der Waals surface area contributed by atoms with Gasteiger partial charge in [0.15, 0.2) is 0 Å². The van der Waals surface area contributed by atoms with Crippen LogP contribution < -0.4 is 0 Å². The predicted octanol–water partition coefficient (Wildman–Crippen LogP) is 2.18. The maximum absolute atomic E-state index is 12.1. The molecule has 0 aliphatic heterocycles. The zero-order valence-electron chi connectivity index (χ0n) is 15.2. The van der Waals surface area contributed by atoms with E-state index in [0.717, 1.165) is 44.9 Å². The summed E-state index contributed by atoms with van der Waals surface area (Å²) in [4.78, 5) is 12.1. The first kappa shape index (κ1) is 17.7. The second-order valence-corrected chi connectivity index (χ2v) is 9.90. The molecular formula is C20H32O5. The zero-order chi connectivity index (χ0) is 18.1. The van der Waals surface area contributed by atoms with Crippen molar-refractivity contribution in [3.63, 3.8) is 0 Å². The molecule has 5 heteroatoms. The number of fused-ring (bicyclic) bond motifs is 3. The van der Waals surface area contributed by atoms with Crippen molar-refractivity contribution in [1.82, 2.24) is 0 Å². The van der Waals surface area contributed by atoms with Gasteiger partial charge in [-0.25, -0.2) is 0 Å². The van der Waals surface area contributed by atoms with Crippen LogP contribution in [0.15, 0.2) is 0 Å². The van der Waals surface area contributed by atoms with Gasteiger partial charge >= 0.3 is 5.97 Å². The molecule has 7 atom stereocenters. The predicted molar refractivity (Wildman–Crippen MR) is 91.8 cm³/mol. The Kier molecular flexibility index (Phi) is 3.85. The lowest BCUT2D eigenvalue weighted by atomic mass is 9.41. The topological polar surface area (TPSA) is 98.0 Å². The molecule has 0 heterocycles. The van der Waals surface area contributed by atoms with Crippen LogP contribution in [0.25, 0.3) is 0 Å². The summed E-state index contributed by atoms with van der Waals surface area (Å²) >= 11 is 0. The molecule has 0 aromatic rings. The summed E-state index contributed by atoms with van der Waals surface area (Å²) in [6, 6.07) is 0. The van der Waals surface area contributed by atoms with E-state index in [-0.39, 0.29) is 35.9 Å². The van der Waals surface area contributed by atoms with E-state index in [1.165, 1.54) is 0 Å². The monoisotopic (exact) mass is 352 g/mol. The standard InChI is InChI=1S/C20H32O5/c1-17-6-2-7-19(11-21,16(23)24)15(17)5-8-18-9-13(3-4-14(17)18)20(25,10-18)12-22/h13-15,21-22,25H,2-12H2,1H3,(H,23,24)/t13-,14?,15?,17-,18?,19-,20+/m0/s1. The number of aliphatic hydroxyl groups is 3. The number of hydrogen-bond acceptors (Lipinski definition) is 4. The fraction of sp³-hybridized carbons (Fsp3) is 0.950. The molecule has 3 unspecified atom stereocenters. The first-order valence-corrected chi connectivity index (χ1v) is 9.94. The number of rotatable bonds is 3. The molecule has 5 nitrogen and oxygen atoms in total. The van der Waals surface area contributed by atoms with Gasteiger partial charge in [-0.1, -0.05) is 13.3 Å². The first-order valence-electron chi connectivity index (χ1n) is 9.94. The highest BCUT2D eigenvalue weighted by Crippen LogP contribution is 2.72. The van der Waals surface area contributed by atoms with Crippen LogP contribution in [0.5, 0.6) is 0 Å². The normalized spacial score (nSPS) is 54.6. The van der Waals surface area contributed by atoms with Crippen molar-refractivity contribution in [2.24, 2.45) is 34.0 Å². The molecule has 4 aliphatic rings. The largest absolute Gasteiger partial charge is 0.481 e. The van der Waals surface area contributed by atoms with Crippen LogP contribution in [-0.4, -0.2) is 45.2 Å². The third-order valence-electron chi connectivity index (χ3n) is 9.12. The zero-order valence-corrected chi connectivity index (χ0v) is 15.2. The molecule has 0 radical (unpaired) electrons. The molecular weight excluding hydrogens is 320 g/mol. The van der Waals surface area contributed by atoms with Gasteiger partial charge in [0.25, 0.3) is 0 Å². The highest BCUT2D eigenvalue weighted by atomic mass is 16.4. The maximum atomic E-state index is 12.1. The van der Waals surface area contributed by atoms with Gasteiger partial charge in [-0.05, 0) is 80.0 Å². The van der Waals surface area contributed by atoms with Crippen molar-refractivity contribution in [1.29, 1.82) is 0 Å². The van der Waals surface area contributed by atoms with Crippen LogP contribution in [0.1, 0.15) is 64.7 Å². The van der Waals surface area contributed by atoms with E-state index in [1.54, 1.807) is 0 Å². The number of aliphatic hydroxyl groups excluding tert-OH is 2. The Morgan fingerprint density at radius 2 is 1.80 bits per heavy atom. The average molecular weight is 352 g/mol. The minimum absolute atomic E-state index is 0.00578. The molecule has 4 aliphatic carbocycles. The first-order chi connectivity index (χ1) is 11.8. The van der Waals surface area contributed by atoms with Crippen LogP contribution in [0.2, 0.25) is 0 Å². The average Bonchev–Trinajstić information content (AvgIpc) is 2.79. The van der Waals surface area contributed by atoms with Crippen LogP contribution in [-0.2, 0) is 4.79 Å². The van der Waals surface area contributed by atoms with Gasteiger partial charge in [-0.2, -0.15) is 0 Å². The van der Waals surface area contributed by atoms with Crippen LogP contribution in [0.4, 0.5) is 0 Å². The third-order valence-corrected chi connectivity index (χ3v) is 9.12. The quantitative estimate of drug-likeness (QED) is 0.624. The summed E-state index contributed by atoms with van der Waals surface area (Å²) in [7, 11) is 0. The Morgan fingerprint density at radius 1 is 1.04 bits per heavy atom. The van der Waals surface area contributed by atoms with Crippen molar-refractivity contribution < 1.29 is 25.2 Å². The van der Waals surface area contributed by atoms with Crippen LogP contribution in [0.3, 0.4) is 0 Å². The lowest BCUT2D eigenvalue weighted by Crippen LogP contribution is -2.60. The van der Waals surface area contributed by atoms with Gasteiger partial charge in [0.2, 0.25) is 0 Å². The molecule has 4 fully saturated rings. The molecule has 1 spiro atoms. The second kappa shape index (κ2) is 5.43. The highest BCUT2D eigenvalue weighted by Gasteiger charge is 2.68. The molecule has 0 amide bonds. The molecule has 2 bridgehead atoms. The van der Waals surface area contributed by atoms with Crippen LogP contribution >= 0.6 is 0 Å². The van der Waals surface area contributed by atoms with Gasteiger partial charge in [-0.15, -0.1) is 0 Å². The van der Waals surface area contributed by atoms with Crippen LogP contribution in [0, 0.1) is 34.0 Å². The molecule has 0 saturated heterocycles. The molecule has 4 saturated carbocycles. The number of hydrogen-bond donors (Lipinski definition) is 4. The second-order valence-electron chi connectivity index (χ2n) is 9.90. The van der Waals surface area contributed by atoms with Gasteiger partial charge in [-0.3, -0.25) is 4.79 Å². The van der Waals surface area contributed by atoms with Gasteiger partial charge in [0.1, 0.15) is 0 Å². The number of carboxylic acid groups (broad SMARTS) is 1. The minimum atomic E-state index is -1.00. The smallest absolute Gasteiger partial charge is 0.312 e. The SMILES string of the molecule is C[C@@]12CCC[C@@](CO)(C(=O)O)C1CCC13C[C@H](CCC12)[C@](O)(CO)C3. The molecule has 142 valence electrons. The van der Waals surface area contributed by atoms with Crippen molar-refractivity contribution in [3.05, 3.63) is 0 Å². The third kappa shape index (κ3) is 2.09. The van der Waals surface area contributed by atoms with E-state index >= 15 is 0 Å². The summed E-state index contributed by atoms with van der Waals surface area (Å²) in [5.41, 5.74) is -2.00. The summed E-state index contributed by atoms with van der Waals surface area (Å²) in [5.74, 6) is -0.263. The molecule has 25 heavy (non-hydrogen) atoms. The van der Waals surface area contributed by atoms with E-state index in [1.807, 2.05) is 0 Å². The lowest BCUT2D eigenvalue weighted by Gasteiger charge is -2.63. The van der Waals surface area contributed by atoms with Gasteiger partial charge in [0.05, 0.1) is 24.2 Å². The van der Waals surface area contributed by atoms with E-state index in [0.29, 0.717) is 18.8 Å². The minimum Gasteiger partial charge on any atom is -0.481 e. The summed E-state index contributed by atoms with van der Waals surface area (Å²) < 4.78 is 0.